The Hall–Kier alpha value is -0.505. The van der Waals surface area contributed by atoms with E-state index < -0.39 is 5.97 Å². The molecule has 3 nitrogen and oxygen atoms in total. The predicted octanol–water partition coefficient (Wildman–Crippen LogP) is -0.134. The lowest BCUT2D eigenvalue weighted by atomic mass is 9.96. The molecule has 1 saturated heterocycles. The van der Waals surface area contributed by atoms with Crippen LogP contribution < -0.4 is 0 Å². The second-order valence-corrected chi connectivity index (χ2v) is 2.67. The number of rotatable bonds is 1. The Morgan fingerprint density at radius 3 is 2.80 bits per heavy atom. The monoisotopic (exact) mass is 139 g/mol. The summed E-state index contributed by atoms with van der Waals surface area (Å²) in [6.07, 6.45) is 1.66. The lowest BCUT2D eigenvalue weighted by Crippen LogP contribution is -2.36. The molecule has 1 rings (SSSR count). The van der Waals surface area contributed by atoms with Crippen LogP contribution in [0.15, 0.2) is 0 Å². The van der Waals surface area contributed by atoms with Crippen LogP contribution in [-0.4, -0.2) is 37.0 Å². The summed E-state index contributed by atoms with van der Waals surface area (Å²) in [5.41, 5.74) is 0. The molecule has 1 fully saturated rings. The fourth-order valence-electron chi connectivity index (χ4n) is 1.21. The number of hydrogen-bond donors (Lipinski definition) is 1. The molecule has 1 heterocycles. The third-order valence-electron chi connectivity index (χ3n) is 1.80. The first-order chi connectivity index (χ1) is 4.70. The van der Waals surface area contributed by atoms with Crippen LogP contribution in [0, 0.1) is 5.92 Å². The minimum absolute atomic E-state index is 0.251. The lowest BCUT2D eigenvalue weighted by molar-refractivity contribution is -0.142. The van der Waals surface area contributed by atoms with E-state index in [9.17, 15) is 4.79 Å². The van der Waals surface area contributed by atoms with Gasteiger partial charge >= 0.3 is 5.97 Å². The Bertz CT molecular complexity index is 140. The molecule has 0 aromatic carbocycles. The van der Waals surface area contributed by atoms with Crippen LogP contribution in [-0.2, 0) is 4.79 Å². The van der Waals surface area contributed by atoms with Gasteiger partial charge in [-0.25, -0.2) is 0 Å². The predicted molar refractivity (Wildman–Crippen MR) is 37.7 cm³/mol. The van der Waals surface area contributed by atoms with Gasteiger partial charge in [-0.15, -0.1) is 0 Å². The van der Waals surface area contributed by atoms with Gasteiger partial charge in [-0.05, 0) is 25.9 Å². The van der Waals surface area contributed by atoms with Crippen molar-refractivity contribution in [1.82, 2.24) is 4.81 Å². The summed E-state index contributed by atoms with van der Waals surface area (Å²) in [7, 11) is 5.43. The molecule has 4 heteroatoms. The highest BCUT2D eigenvalue weighted by molar-refractivity contribution is 6.04. The zero-order valence-electron chi connectivity index (χ0n) is 5.79. The molecular weight excluding hydrogens is 129 g/mol. The largest absolute Gasteiger partial charge is 0.481 e. The molecule has 0 aromatic rings. The number of carboxylic acids is 1. The van der Waals surface area contributed by atoms with Crippen LogP contribution in [0.3, 0.4) is 0 Å². The first kappa shape index (κ1) is 7.60. The third-order valence-corrected chi connectivity index (χ3v) is 1.80. The smallest absolute Gasteiger partial charge is 0.307 e. The number of piperidine rings is 1. The van der Waals surface area contributed by atoms with Crippen LogP contribution in [0.5, 0.6) is 0 Å². The van der Waals surface area contributed by atoms with Crippen molar-refractivity contribution in [3.8, 4) is 0 Å². The maximum atomic E-state index is 10.4. The fraction of sp³-hybridized carbons (Fsp3) is 0.833. The van der Waals surface area contributed by atoms with E-state index in [0.29, 0.717) is 6.54 Å². The molecule has 1 atom stereocenters. The fourth-order valence-corrected chi connectivity index (χ4v) is 1.21. The van der Waals surface area contributed by atoms with Gasteiger partial charge in [-0.1, -0.05) is 0 Å². The van der Waals surface area contributed by atoms with Gasteiger partial charge in [0.15, 0.2) is 7.98 Å². The van der Waals surface area contributed by atoms with Gasteiger partial charge in [-0.2, -0.15) is 0 Å². The molecule has 1 unspecified atom stereocenters. The van der Waals surface area contributed by atoms with E-state index in [-0.39, 0.29) is 5.92 Å². The molecule has 1 N–H and O–H groups in total. The van der Waals surface area contributed by atoms with Crippen LogP contribution >= 0.6 is 0 Å². The molecule has 0 amide bonds. The topological polar surface area (TPSA) is 40.5 Å². The highest BCUT2D eigenvalue weighted by Gasteiger charge is 2.22. The van der Waals surface area contributed by atoms with Crippen molar-refractivity contribution in [3.05, 3.63) is 0 Å². The summed E-state index contributed by atoms with van der Waals surface area (Å²) in [6, 6.07) is 0. The minimum Gasteiger partial charge on any atom is -0.481 e. The third kappa shape index (κ3) is 1.74. The van der Waals surface area contributed by atoms with Gasteiger partial charge in [0.1, 0.15) is 0 Å². The first-order valence-corrected chi connectivity index (χ1v) is 3.42. The molecule has 10 heavy (non-hydrogen) atoms. The molecule has 2 radical (unpaired) electrons. The molecule has 0 aromatic heterocycles. The Labute approximate surface area is 61.4 Å². The quantitative estimate of drug-likeness (QED) is 0.514. The van der Waals surface area contributed by atoms with E-state index in [2.05, 4.69) is 0 Å². The number of carbonyl (C=O) groups is 1. The van der Waals surface area contributed by atoms with E-state index in [1.165, 1.54) is 0 Å². The van der Waals surface area contributed by atoms with Crippen molar-refractivity contribution in [1.29, 1.82) is 0 Å². The molecular formula is C6H10BNO2. The Morgan fingerprint density at radius 2 is 2.40 bits per heavy atom. The van der Waals surface area contributed by atoms with Crippen LogP contribution in [0.2, 0.25) is 0 Å². The minimum atomic E-state index is -0.727. The molecule has 0 spiro atoms. The van der Waals surface area contributed by atoms with Gasteiger partial charge in [0.2, 0.25) is 0 Å². The second kappa shape index (κ2) is 3.06. The maximum absolute atomic E-state index is 10.4. The summed E-state index contributed by atoms with van der Waals surface area (Å²) in [5.74, 6) is -0.978. The second-order valence-electron chi connectivity index (χ2n) is 2.67. The normalized spacial score (nSPS) is 28.2. The van der Waals surface area contributed by atoms with E-state index in [1.807, 2.05) is 0 Å². The maximum Gasteiger partial charge on any atom is 0.307 e. The first-order valence-electron chi connectivity index (χ1n) is 3.42. The van der Waals surface area contributed by atoms with Crippen molar-refractivity contribution in [2.75, 3.05) is 13.1 Å². The van der Waals surface area contributed by atoms with Gasteiger partial charge < -0.3 is 9.92 Å². The van der Waals surface area contributed by atoms with Crippen molar-refractivity contribution in [3.63, 3.8) is 0 Å². The summed E-state index contributed by atoms with van der Waals surface area (Å²) in [4.78, 5) is 12.0. The zero-order valence-corrected chi connectivity index (χ0v) is 5.79. The van der Waals surface area contributed by atoms with Gasteiger partial charge in [0.25, 0.3) is 0 Å². The number of carboxylic acid groups (broad SMARTS) is 1. The molecule has 1 aliphatic rings. The van der Waals surface area contributed by atoms with Gasteiger partial charge in [0, 0.05) is 0 Å². The Kier molecular flexibility index (Phi) is 2.32. The zero-order chi connectivity index (χ0) is 7.56. The van der Waals surface area contributed by atoms with Crippen molar-refractivity contribution < 1.29 is 9.90 Å². The highest BCUT2D eigenvalue weighted by Crippen LogP contribution is 2.13. The summed E-state index contributed by atoms with van der Waals surface area (Å²) in [5, 5.41) is 8.57. The van der Waals surface area contributed by atoms with Crippen molar-refractivity contribution in [2.24, 2.45) is 5.92 Å². The van der Waals surface area contributed by atoms with Crippen LogP contribution in [0.1, 0.15) is 12.8 Å². The molecule has 0 saturated carbocycles. The SMILES string of the molecule is [B]N1CCCC(C(=O)O)C1. The van der Waals surface area contributed by atoms with Crippen molar-refractivity contribution >= 4 is 14.0 Å². The summed E-state index contributed by atoms with van der Waals surface area (Å²) >= 11 is 0. The standard InChI is InChI=1S/C6H10BNO2/c7-8-3-1-2-5(4-8)6(9)10/h5H,1-4H2,(H,9,10). The molecule has 1 aliphatic heterocycles. The van der Waals surface area contributed by atoms with Crippen LogP contribution in [0.25, 0.3) is 0 Å². The molecule has 0 aliphatic carbocycles. The van der Waals surface area contributed by atoms with E-state index in [0.717, 1.165) is 19.4 Å². The average Bonchev–Trinajstić information content (AvgIpc) is 1.88. The summed E-state index contributed by atoms with van der Waals surface area (Å²) < 4.78 is 0. The van der Waals surface area contributed by atoms with E-state index >= 15 is 0 Å². The lowest BCUT2D eigenvalue weighted by Gasteiger charge is -2.27. The van der Waals surface area contributed by atoms with Gasteiger partial charge in [-0.3, -0.25) is 4.79 Å². The van der Waals surface area contributed by atoms with Crippen LogP contribution in [0.4, 0.5) is 0 Å². The van der Waals surface area contributed by atoms with Crippen molar-refractivity contribution in [2.45, 2.75) is 12.8 Å². The number of aliphatic carboxylic acids is 1. The van der Waals surface area contributed by atoms with E-state index in [4.69, 9.17) is 13.1 Å². The van der Waals surface area contributed by atoms with E-state index in [1.54, 1.807) is 4.81 Å². The molecule has 54 valence electrons. The Balaban J connectivity index is 2.39. The Morgan fingerprint density at radius 1 is 1.70 bits per heavy atom. The average molecular weight is 139 g/mol. The molecule has 0 bridgehead atoms. The highest BCUT2D eigenvalue weighted by atomic mass is 16.4. The summed E-state index contributed by atoms with van der Waals surface area (Å²) in [6.45, 7) is 1.32. The van der Waals surface area contributed by atoms with Gasteiger partial charge in [0.05, 0.1) is 5.92 Å². The number of hydrogen-bond acceptors (Lipinski definition) is 2. The number of nitrogens with zero attached hydrogens (tertiary/aromatic N) is 1.